The van der Waals surface area contributed by atoms with Crippen molar-refractivity contribution in [2.24, 2.45) is 7.05 Å². The normalized spacial score (nSPS) is 17.4. The van der Waals surface area contributed by atoms with Crippen molar-refractivity contribution in [2.75, 3.05) is 0 Å². The van der Waals surface area contributed by atoms with Crippen LogP contribution in [0.5, 0.6) is 0 Å². The Balaban J connectivity index is 1.90. The quantitative estimate of drug-likeness (QED) is 0.941. The number of aryl methyl sites for hydroxylation is 1. The summed E-state index contributed by atoms with van der Waals surface area (Å²) in [6.07, 6.45) is 6.57. The standard InChI is InChI=1S/C15H22N4S/c1-15(2,3)12-9-20-14(18-12)13(17-11-5-6-11)10-7-16-19(4)8-10/h7-9,11,13,17H,5-6H2,1-4H3. The monoisotopic (exact) mass is 290 g/mol. The lowest BCUT2D eigenvalue weighted by Crippen LogP contribution is -2.24. The van der Waals surface area contributed by atoms with Crippen molar-refractivity contribution in [3.63, 3.8) is 0 Å². The summed E-state index contributed by atoms with van der Waals surface area (Å²) in [6.45, 7) is 6.62. The summed E-state index contributed by atoms with van der Waals surface area (Å²) in [5.41, 5.74) is 2.48. The molecule has 5 heteroatoms. The third-order valence-corrected chi connectivity index (χ3v) is 4.48. The topological polar surface area (TPSA) is 42.7 Å². The van der Waals surface area contributed by atoms with Crippen molar-refractivity contribution in [3.05, 3.63) is 34.0 Å². The molecule has 0 aromatic carbocycles. The van der Waals surface area contributed by atoms with Gasteiger partial charge in [-0.15, -0.1) is 11.3 Å². The Morgan fingerprint density at radius 3 is 2.65 bits per heavy atom. The molecule has 4 nitrogen and oxygen atoms in total. The van der Waals surface area contributed by atoms with Crippen LogP contribution in [-0.2, 0) is 12.5 Å². The van der Waals surface area contributed by atoms with Gasteiger partial charge < -0.3 is 5.32 Å². The number of aromatic nitrogens is 3. The molecule has 0 bridgehead atoms. The molecule has 1 fully saturated rings. The summed E-state index contributed by atoms with van der Waals surface area (Å²) in [6, 6.07) is 0.819. The van der Waals surface area contributed by atoms with Gasteiger partial charge in [0.15, 0.2) is 0 Å². The van der Waals surface area contributed by atoms with Gasteiger partial charge in [0.1, 0.15) is 5.01 Å². The van der Waals surface area contributed by atoms with Crippen LogP contribution in [0, 0.1) is 0 Å². The van der Waals surface area contributed by atoms with Gasteiger partial charge in [0.2, 0.25) is 0 Å². The fourth-order valence-corrected chi connectivity index (χ4v) is 3.28. The molecule has 3 rings (SSSR count). The van der Waals surface area contributed by atoms with E-state index in [4.69, 9.17) is 4.98 Å². The first-order valence-corrected chi connectivity index (χ1v) is 8.02. The van der Waals surface area contributed by atoms with Crippen LogP contribution >= 0.6 is 11.3 Å². The highest BCUT2D eigenvalue weighted by molar-refractivity contribution is 7.09. The molecule has 2 aromatic rings. The molecule has 1 unspecified atom stereocenters. The molecule has 1 aliphatic carbocycles. The van der Waals surface area contributed by atoms with Crippen LogP contribution in [0.3, 0.4) is 0 Å². The van der Waals surface area contributed by atoms with Gasteiger partial charge in [0.05, 0.1) is 17.9 Å². The average Bonchev–Trinajstić information content (AvgIpc) is 2.88. The van der Waals surface area contributed by atoms with Gasteiger partial charge in [0, 0.05) is 35.6 Å². The van der Waals surface area contributed by atoms with E-state index in [9.17, 15) is 0 Å². The highest BCUT2D eigenvalue weighted by atomic mass is 32.1. The minimum atomic E-state index is 0.105. The molecule has 1 saturated carbocycles. The maximum absolute atomic E-state index is 4.87. The lowest BCUT2D eigenvalue weighted by atomic mass is 9.93. The summed E-state index contributed by atoms with van der Waals surface area (Å²) >= 11 is 1.75. The number of rotatable bonds is 4. The molecule has 2 heterocycles. The molecule has 0 aliphatic heterocycles. The highest BCUT2D eigenvalue weighted by Gasteiger charge is 2.29. The minimum Gasteiger partial charge on any atom is -0.301 e. The number of thiazole rings is 1. The Morgan fingerprint density at radius 2 is 2.15 bits per heavy atom. The van der Waals surface area contributed by atoms with Gasteiger partial charge in [-0.25, -0.2) is 4.98 Å². The van der Waals surface area contributed by atoms with Gasteiger partial charge >= 0.3 is 0 Å². The molecule has 108 valence electrons. The average molecular weight is 290 g/mol. The van der Waals surface area contributed by atoms with Crippen LogP contribution in [0.2, 0.25) is 0 Å². The Bertz CT molecular complexity index is 589. The summed E-state index contributed by atoms with van der Waals surface area (Å²) < 4.78 is 1.86. The lowest BCUT2D eigenvalue weighted by molar-refractivity contribution is 0.557. The summed E-state index contributed by atoms with van der Waals surface area (Å²) in [7, 11) is 1.96. The third kappa shape index (κ3) is 2.94. The van der Waals surface area contributed by atoms with E-state index >= 15 is 0 Å². The molecule has 0 radical (unpaired) electrons. The Hall–Kier alpha value is -1.20. The molecule has 2 aromatic heterocycles. The second-order valence-electron chi connectivity index (χ2n) is 6.64. The molecule has 1 aliphatic rings. The second-order valence-corrected chi connectivity index (χ2v) is 7.53. The predicted molar refractivity (Wildman–Crippen MR) is 82.0 cm³/mol. The zero-order chi connectivity index (χ0) is 14.3. The van der Waals surface area contributed by atoms with E-state index in [-0.39, 0.29) is 11.5 Å². The van der Waals surface area contributed by atoms with Crippen molar-refractivity contribution >= 4 is 11.3 Å². The molecule has 0 saturated heterocycles. The Labute approximate surface area is 124 Å². The van der Waals surface area contributed by atoms with Crippen molar-refractivity contribution in [2.45, 2.75) is 51.1 Å². The van der Waals surface area contributed by atoms with Crippen molar-refractivity contribution in [3.8, 4) is 0 Å². The molecule has 1 N–H and O–H groups in total. The third-order valence-electron chi connectivity index (χ3n) is 3.58. The van der Waals surface area contributed by atoms with Crippen LogP contribution in [0.4, 0.5) is 0 Å². The van der Waals surface area contributed by atoms with Gasteiger partial charge in [-0.05, 0) is 12.8 Å². The van der Waals surface area contributed by atoms with E-state index in [1.165, 1.54) is 24.1 Å². The SMILES string of the molecule is Cn1cc(C(NC2CC2)c2nc(C(C)(C)C)cs2)cn1. The Morgan fingerprint density at radius 1 is 1.40 bits per heavy atom. The first kappa shape index (κ1) is 13.8. The minimum absolute atomic E-state index is 0.105. The molecule has 1 atom stereocenters. The number of hydrogen-bond donors (Lipinski definition) is 1. The second kappa shape index (κ2) is 4.97. The van der Waals surface area contributed by atoms with E-state index in [1.807, 2.05) is 17.9 Å². The Kier molecular flexibility index (Phi) is 3.42. The number of nitrogens with one attached hydrogen (secondary N) is 1. The lowest BCUT2D eigenvalue weighted by Gasteiger charge is -2.16. The van der Waals surface area contributed by atoms with Crippen LogP contribution in [0.15, 0.2) is 17.8 Å². The molecular formula is C15H22N4S. The molecule has 20 heavy (non-hydrogen) atoms. The van der Waals surface area contributed by atoms with E-state index in [2.05, 4.69) is 42.8 Å². The maximum Gasteiger partial charge on any atom is 0.115 e. The zero-order valence-electron chi connectivity index (χ0n) is 12.6. The first-order valence-electron chi connectivity index (χ1n) is 7.14. The first-order chi connectivity index (χ1) is 9.43. The largest absolute Gasteiger partial charge is 0.301 e. The van der Waals surface area contributed by atoms with Crippen LogP contribution < -0.4 is 5.32 Å². The van der Waals surface area contributed by atoms with Crippen LogP contribution in [0.1, 0.15) is 55.9 Å². The summed E-state index contributed by atoms with van der Waals surface area (Å²) in [5.74, 6) is 0. The number of nitrogens with zero attached hydrogens (tertiary/aromatic N) is 3. The number of hydrogen-bond acceptors (Lipinski definition) is 4. The van der Waals surface area contributed by atoms with Crippen molar-refractivity contribution in [1.29, 1.82) is 0 Å². The van der Waals surface area contributed by atoms with Crippen molar-refractivity contribution < 1.29 is 0 Å². The fraction of sp³-hybridized carbons (Fsp3) is 0.600. The molecule has 0 spiro atoms. The van der Waals surface area contributed by atoms with Gasteiger partial charge in [-0.3, -0.25) is 4.68 Å². The highest BCUT2D eigenvalue weighted by Crippen LogP contribution is 2.32. The molecular weight excluding hydrogens is 268 g/mol. The van der Waals surface area contributed by atoms with E-state index in [1.54, 1.807) is 11.3 Å². The van der Waals surface area contributed by atoms with E-state index in [0.29, 0.717) is 6.04 Å². The van der Waals surface area contributed by atoms with Crippen molar-refractivity contribution in [1.82, 2.24) is 20.1 Å². The summed E-state index contributed by atoms with van der Waals surface area (Å²) in [4.78, 5) is 4.87. The van der Waals surface area contributed by atoms with E-state index < -0.39 is 0 Å². The van der Waals surface area contributed by atoms with Gasteiger partial charge in [0.25, 0.3) is 0 Å². The van der Waals surface area contributed by atoms with Gasteiger partial charge in [-0.1, -0.05) is 20.8 Å². The fourth-order valence-electron chi connectivity index (χ4n) is 2.15. The van der Waals surface area contributed by atoms with E-state index in [0.717, 1.165) is 5.01 Å². The molecule has 0 amide bonds. The van der Waals surface area contributed by atoms with Crippen LogP contribution in [-0.4, -0.2) is 20.8 Å². The predicted octanol–water partition coefficient (Wildman–Crippen LogP) is 3.02. The summed E-state index contributed by atoms with van der Waals surface area (Å²) in [5, 5.41) is 11.3. The van der Waals surface area contributed by atoms with Gasteiger partial charge in [-0.2, -0.15) is 5.10 Å². The smallest absolute Gasteiger partial charge is 0.115 e. The van der Waals surface area contributed by atoms with Crippen LogP contribution in [0.25, 0.3) is 0 Å². The maximum atomic E-state index is 4.87. The zero-order valence-corrected chi connectivity index (χ0v) is 13.4.